The Kier molecular flexibility index (Phi) is 6.86. The Morgan fingerprint density at radius 2 is 1.93 bits per heavy atom. The van der Waals surface area contributed by atoms with Gasteiger partial charge < -0.3 is 15.2 Å². The van der Waals surface area contributed by atoms with Gasteiger partial charge in [-0.05, 0) is 23.8 Å². The van der Waals surface area contributed by atoms with Crippen LogP contribution >= 0.6 is 0 Å². The Morgan fingerprint density at radius 1 is 1.19 bits per heavy atom. The molecule has 0 bridgehead atoms. The maximum atomic E-state index is 13.4. The Labute approximate surface area is 153 Å². The molecule has 2 aromatic rings. The third-order valence-electron chi connectivity index (χ3n) is 3.74. The predicted molar refractivity (Wildman–Crippen MR) is 90.2 cm³/mol. The molecule has 0 fully saturated rings. The molecule has 0 aliphatic heterocycles. The number of ether oxygens (including phenoxy) is 1. The lowest BCUT2D eigenvalue weighted by atomic mass is 10.1. The zero-order valence-electron chi connectivity index (χ0n) is 14.5. The number of hydrogen-bond donors (Lipinski definition) is 2. The van der Waals surface area contributed by atoms with Crippen molar-refractivity contribution in [2.75, 3.05) is 20.2 Å². The smallest absolute Gasteiger partial charge is 0.419 e. The van der Waals surface area contributed by atoms with Gasteiger partial charge in [-0.2, -0.15) is 13.2 Å². The van der Waals surface area contributed by atoms with Gasteiger partial charge in [0.05, 0.1) is 12.2 Å². The van der Waals surface area contributed by atoms with Crippen molar-refractivity contribution in [2.24, 2.45) is 0 Å². The van der Waals surface area contributed by atoms with Crippen molar-refractivity contribution in [1.29, 1.82) is 0 Å². The molecular weight excluding hydrogens is 368 g/mol. The molecule has 9 heteroatoms. The number of rotatable bonds is 8. The molecule has 0 radical (unpaired) electrons. The highest BCUT2D eigenvalue weighted by Gasteiger charge is 2.34. The van der Waals surface area contributed by atoms with Crippen molar-refractivity contribution < 1.29 is 32.2 Å². The van der Waals surface area contributed by atoms with E-state index in [2.05, 4.69) is 5.32 Å². The highest BCUT2D eigenvalue weighted by Crippen LogP contribution is 2.32. The third-order valence-corrected chi connectivity index (χ3v) is 3.74. The first-order valence-corrected chi connectivity index (χ1v) is 8.06. The first-order chi connectivity index (χ1) is 12.7. The lowest BCUT2D eigenvalue weighted by Crippen LogP contribution is -2.18. The lowest BCUT2D eigenvalue weighted by molar-refractivity contribution is -0.428. The number of benzene rings is 2. The summed E-state index contributed by atoms with van der Waals surface area (Å²) in [7, 11) is 1.33. The number of halogens is 4. The fourth-order valence-electron chi connectivity index (χ4n) is 2.38. The van der Waals surface area contributed by atoms with Crippen LogP contribution in [0.3, 0.4) is 0 Å². The topological polar surface area (TPSA) is 61.6 Å². The zero-order chi connectivity index (χ0) is 20.0. The van der Waals surface area contributed by atoms with Crippen molar-refractivity contribution in [3.05, 3.63) is 63.8 Å². The molecule has 146 valence electrons. The van der Waals surface area contributed by atoms with E-state index in [1.807, 2.05) is 0 Å². The molecule has 5 nitrogen and oxygen atoms in total. The SMILES string of the molecule is C[N+](=O)c1ccc(OCc2ccc(F)c(C(F)(F)F)c2)c(CNCCO)c1. The molecule has 2 aromatic carbocycles. The third kappa shape index (κ3) is 5.73. The Bertz CT molecular complexity index is 810. The van der Waals surface area contributed by atoms with Gasteiger partial charge >= 0.3 is 6.18 Å². The van der Waals surface area contributed by atoms with Crippen molar-refractivity contribution in [3.8, 4) is 5.75 Å². The van der Waals surface area contributed by atoms with Gasteiger partial charge in [0.25, 0.3) is 5.69 Å². The van der Waals surface area contributed by atoms with Crippen LogP contribution in [0.1, 0.15) is 16.7 Å². The van der Waals surface area contributed by atoms with E-state index in [1.165, 1.54) is 25.2 Å². The van der Waals surface area contributed by atoms with Crippen LogP contribution in [-0.2, 0) is 19.3 Å². The van der Waals surface area contributed by atoms with E-state index >= 15 is 0 Å². The zero-order valence-corrected chi connectivity index (χ0v) is 14.5. The van der Waals surface area contributed by atoms with Crippen LogP contribution in [0.5, 0.6) is 5.75 Å². The maximum Gasteiger partial charge on any atom is 0.419 e. The molecule has 0 saturated carbocycles. The molecule has 0 aliphatic rings. The summed E-state index contributed by atoms with van der Waals surface area (Å²) in [5.41, 5.74) is -0.217. The number of aliphatic hydroxyl groups excluding tert-OH is 1. The van der Waals surface area contributed by atoms with Crippen LogP contribution in [0.15, 0.2) is 36.4 Å². The van der Waals surface area contributed by atoms with E-state index in [9.17, 15) is 22.5 Å². The first kappa shape index (κ1) is 20.8. The minimum atomic E-state index is -4.79. The summed E-state index contributed by atoms with van der Waals surface area (Å²) in [6.07, 6.45) is -4.79. The van der Waals surface area contributed by atoms with Crippen molar-refractivity contribution in [1.82, 2.24) is 5.32 Å². The highest BCUT2D eigenvalue weighted by atomic mass is 19.4. The van der Waals surface area contributed by atoms with Gasteiger partial charge in [0.1, 0.15) is 18.2 Å². The van der Waals surface area contributed by atoms with E-state index in [4.69, 9.17) is 9.84 Å². The quantitative estimate of drug-likeness (QED) is 0.413. The van der Waals surface area contributed by atoms with Crippen LogP contribution in [0.25, 0.3) is 0 Å². The predicted octanol–water partition coefficient (Wildman–Crippen LogP) is 3.55. The van der Waals surface area contributed by atoms with Crippen molar-refractivity contribution in [2.45, 2.75) is 19.3 Å². The number of aliphatic hydroxyl groups is 1. The monoisotopic (exact) mass is 387 g/mol. The number of nitrogens with zero attached hydrogens (tertiary/aromatic N) is 1. The molecule has 2 rings (SSSR count). The molecule has 0 aromatic heterocycles. The minimum absolute atomic E-state index is 0.0763. The fraction of sp³-hybridized carbons (Fsp3) is 0.333. The Hall–Kier alpha value is -2.52. The first-order valence-electron chi connectivity index (χ1n) is 8.06. The number of nitroso groups, excluding NO2 is 1. The van der Waals surface area contributed by atoms with Gasteiger partial charge in [-0.1, -0.05) is 6.07 Å². The summed E-state index contributed by atoms with van der Waals surface area (Å²) in [6, 6.07) is 7.31. The van der Waals surface area contributed by atoms with Crippen molar-refractivity contribution >= 4 is 5.69 Å². The van der Waals surface area contributed by atoms with Crippen LogP contribution in [0, 0.1) is 10.7 Å². The summed E-state index contributed by atoms with van der Waals surface area (Å²) >= 11 is 0. The van der Waals surface area contributed by atoms with Gasteiger partial charge in [0, 0.05) is 40.5 Å². The molecule has 0 saturated heterocycles. The highest BCUT2D eigenvalue weighted by molar-refractivity contribution is 5.44. The van der Waals surface area contributed by atoms with E-state index in [0.29, 0.717) is 34.4 Å². The number of alkyl halides is 3. The van der Waals surface area contributed by atoms with Gasteiger partial charge in [-0.3, -0.25) is 0 Å². The standard InChI is InChI=1S/C18H19F4N2O3/c1-24(26)14-3-5-17(13(9-14)10-23-6-7-25)27-11-12-2-4-16(19)15(8-12)18(20,21)22/h2-5,8-9,23,25H,6-7,10-11H2,1H3/q+1. The molecule has 0 atom stereocenters. The molecule has 27 heavy (non-hydrogen) atoms. The molecule has 0 unspecified atom stereocenters. The molecule has 0 heterocycles. The average molecular weight is 387 g/mol. The number of hydrogen-bond acceptors (Lipinski definition) is 4. The summed E-state index contributed by atoms with van der Waals surface area (Å²) in [5, 5.41) is 11.8. The second-order valence-corrected chi connectivity index (χ2v) is 5.79. The average Bonchev–Trinajstić information content (AvgIpc) is 2.60. The number of nitrogens with one attached hydrogen (secondary N) is 1. The van der Waals surface area contributed by atoms with Gasteiger partial charge in [-0.15, -0.1) is 0 Å². The van der Waals surface area contributed by atoms with Crippen LogP contribution in [0.4, 0.5) is 23.2 Å². The molecule has 0 aliphatic carbocycles. The van der Waals surface area contributed by atoms with Gasteiger partial charge in [0.15, 0.2) is 7.05 Å². The normalized spacial score (nSPS) is 11.5. The lowest BCUT2D eigenvalue weighted by Gasteiger charge is -2.14. The van der Waals surface area contributed by atoms with Crippen LogP contribution < -0.4 is 10.1 Å². The summed E-state index contributed by atoms with van der Waals surface area (Å²) in [6.45, 7) is 0.328. The molecular formula is C18H19F4N2O3+. The van der Waals surface area contributed by atoms with Gasteiger partial charge in [-0.25, -0.2) is 4.39 Å². The molecule has 2 N–H and O–H groups in total. The second-order valence-electron chi connectivity index (χ2n) is 5.79. The van der Waals surface area contributed by atoms with Crippen molar-refractivity contribution in [3.63, 3.8) is 0 Å². The molecule has 0 amide bonds. The van der Waals surface area contributed by atoms with E-state index in [-0.39, 0.29) is 25.3 Å². The van der Waals surface area contributed by atoms with Gasteiger partial charge in [0.2, 0.25) is 0 Å². The second kappa shape index (κ2) is 8.92. The van der Waals surface area contributed by atoms with E-state index in [1.54, 1.807) is 6.07 Å². The van der Waals surface area contributed by atoms with E-state index < -0.39 is 17.6 Å². The Balaban J connectivity index is 2.20. The molecule has 0 spiro atoms. The Morgan fingerprint density at radius 3 is 2.56 bits per heavy atom. The van der Waals surface area contributed by atoms with Crippen LogP contribution in [-0.4, -0.2) is 30.1 Å². The summed E-state index contributed by atoms with van der Waals surface area (Å²) in [4.78, 5) is 11.5. The minimum Gasteiger partial charge on any atom is -0.489 e. The summed E-state index contributed by atoms with van der Waals surface area (Å²) < 4.78 is 58.0. The summed E-state index contributed by atoms with van der Waals surface area (Å²) in [5.74, 6) is -0.980. The largest absolute Gasteiger partial charge is 0.489 e. The fourth-order valence-corrected chi connectivity index (χ4v) is 2.38. The maximum absolute atomic E-state index is 13.4. The van der Waals surface area contributed by atoms with Crippen LogP contribution in [0.2, 0.25) is 0 Å². The van der Waals surface area contributed by atoms with E-state index in [0.717, 1.165) is 6.07 Å².